The van der Waals surface area contributed by atoms with Crippen molar-refractivity contribution in [2.24, 2.45) is 0 Å². The predicted octanol–water partition coefficient (Wildman–Crippen LogP) is 4.94. The number of hydrogen-bond acceptors (Lipinski definition) is 8. The average molecular weight is 571 g/mol. The molecule has 1 saturated heterocycles. The van der Waals surface area contributed by atoms with Crippen molar-refractivity contribution in [1.29, 1.82) is 0 Å². The summed E-state index contributed by atoms with van der Waals surface area (Å²) in [6.45, 7) is 4.04. The Bertz CT molecular complexity index is 1310. The van der Waals surface area contributed by atoms with Gasteiger partial charge in [-0.05, 0) is 77.2 Å². The number of carbonyl (C=O) groups excluding carboxylic acids is 1. The first-order valence-electron chi connectivity index (χ1n) is 12.0. The van der Waals surface area contributed by atoms with Crippen molar-refractivity contribution < 1.29 is 17.9 Å². The van der Waals surface area contributed by atoms with Crippen LogP contribution in [-0.4, -0.2) is 74.9 Å². The van der Waals surface area contributed by atoms with Gasteiger partial charge in [-0.15, -0.1) is 11.3 Å². The van der Waals surface area contributed by atoms with E-state index in [0.29, 0.717) is 42.0 Å². The van der Waals surface area contributed by atoms with E-state index in [1.165, 1.54) is 21.7 Å². The molecule has 0 spiro atoms. The van der Waals surface area contributed by atoms with Crippen LogP contribution >= 0.6 is 34.3 Å². The van der Waals surface area contributed by atoms with Crippen molar-refractivity contribution in [3.63, 3.8) is 0 Å². The van der Waals surface area contributed by atoms with Gasteiger partial charge < -0.3 is 9.64 Å². The summed E-state index contributed by atoms with van der Waals surface area (Å²) in [5.41, 5.74) is 0.783. The van der Waals surface area contributed by atoms with Gasteiger partial charge in [0.05, 0.1) is 21.2 Å². The molecule has 196 valence electrons. The Morgan fingerprint density at radius 1 is 1.19 bits per heavy atom. The zero-order chi connectivity index (χ0) is 25.9. The highest BCUT2D eigenvalue weighted by atomic mass is 35.5. The average Bonchev–Trinajstić information content (AvgIpc) is 3.48. The molecule has 3 aromatic rings. The highest BCUT2D eigenvalue weighted by Crippen LogP contribution is 2.35. The van der Waals surface area contributed by atoms with Crippen LogP contribution < -0.4 is 9.64 Å². The van der Waals surface area contributed by atoms with Gasteiger partial charge in [-0.2, -0.15) is 4.31 Å². The number of thiophene rings is 1. The molecular formula is C24H31ClN4O4S3. The Hall–Kier alpha value is -1.76. The molecule has 12 heteroatoms. The maximum absolute atomic E-state index is 14.0. The topological polar surface area (TPSA) is 83.1 Å². The standard InChI is InChI=1S/C24H31ClN4O4S3/c1-4-33-17-9-10-18-20(16-17)34-24(26-18)28(14-7-13-27(2)3)23(30)19-8-5-6-15-29(19)36(31,32)22-12-11-21(25)35-22/h9-12,16,19H,4-8,13-15H2,1-3H3. The van der Waals surface area contributed by atoms with Crippen molar-refractivity contribution in [2.75, 3.05) is 45.2 Å². The Kier molecular flexibility index (Phi) is 8.90. The molecular weight excluding hydrogens is 540 g/mol. The molecule has 4 rings (SSSR count). The van der Waals surface area contributed by atoms with Crippen LogP contribution in [0.2, 0.25) is 4.34 Å². The third-order valence-electron chi connectivity index (χ3n) is 5.99. The van der Waals surface area contributed by atoms with Crippen LogP contribution in [-0.2, 0) is 14.8 Å². The number of piperidine rings is 1. The second-order valence-corrected chi connectivity index (χ2v) is 13.7. The number of aromatic nitrogens is 1. The van der Waals surface area contributed by atoms with E-state index in [1.54, 1.807) is 11.0 Å². The normalized spacial score (nSPS) is 17.1. The predicted molar refractivity (Wildman–Crippen MR) is 147 cm³/mol. The van der Waals surface area contributed by atoms with Crippen LogP contribution in [0.5, 0.6) is 5.75 Å². The van der Waals surface area contributed by atoms with Crippen molar-refractivity contribution in [3.8, 4) is 5.75 Å². The van der Waals surface area contributed by atoms with Gasteiger partial charge in [0.25, 0.3) is 10.0 Å². The van der Waals surface area contributed by atoms with Gasteiger partial charge in [0.15, 0.2) is 5.13 Å². The molecule has 1 aliphatic heterocycles. The van der Waals surface area contributed by atoms with E-state index in [2.05, 4.69) is 4.90 Å². The summed E-state index contributed by atoms with van der Waals surface area (Å²) < 4.78 is 35.5. The molecule has 0 aliphatic carbocycles. The van der Waals surface area contributed by atoms with Crippen LogP contribution in [0, 0.1) is 0 Å². The number of halogens is 1. The van der Waals surface area contributed by atoms with Gasteiger partial charge in [0.2, 0.25) is 5.91 Å². The van der Waals surface area contributed by atoms with Crippen LogP contribution in [0.15, 0.2) is 34.5 Å². The first-order valence-corrected chi connectivity index (χ1v) is 15.4. The molecule has 8 nitrogen and oxygen atoms in total. The molecule has 0 bridgehead atoms. The Morgan fingerprint density at radius 2 is 2.00 bits per heavy atom. The number of hydrogen-bond donors (Lipinski definition) is 0. The van der Waals surface area contributed by atoms with Crippen molar-refractivity contribution in [3.05, 3.63) is 34.7 Å². The Labute approximate surface area is 225 Å². The molecule has 1 fully saturated rings. The van der Waals surface area contributed by atoms with E-state index >= 15 is 0 Å². The van der Waals surface area contributed by atoms with E-state index in [0.717, 1.165) is 46.7 Å². The van der Waals surface area contributed by atoms with Gasteiger partial charge in [-0.3, -0.25) is 9.69 Å². The SMILES string of the molecule is CCOc1ccc2nc(N(CCCN(C)C)C(=O)C3CCCCN3S(=O)(=O)c3ccc(Cl)s3)sc2c1. The van der Waals surface area contributed by atoms with Crippen molar-refractivity contribution in [2.45, 2.75) is 42.9 Å². The van der Waals surface area contributed by atoms with E-state index in [4.69, 9.17) is 21.3 Å². The van der Waals surface area contributed by atoms with Crippen molar-refractivity contribution >= 4 is 65.6 Å². The molecule has 2 aromatic heterocycles. The number of benzene rings is 1. The van der Waals surface area contributed by atoms with Gasteiger partial charge in [0, 0.05) is 13.1 Å². The third kappa shape index (κ3) is 6.03. The number of sulfonamides is 1. The fourth-order valence-corrected chi connectivity index (χ4v) is 8.57. The molecule has 1 amide bonds. The maximum Gasteiger partial charge on any atom is 0.253 e. The van der Waals surface area contributed by atoms with Gasteiger partial charge in [-0.25, -0.2) is 13.4 Å². The zero-order valence-corrected chi connectivity index (χ0v) is 23.9. The van der Waals surface area contributed by atoms with Crippen LogP contribution in [0.25, 0.3) is 10.2 Å². The summed E-state index contributed by atoms with van der Waals surface area (Å²) in [4.78, 5) is 22.5. The lowest BCUT2D eigenvalue weighted by molar-refractivity contribution is -0.123. The summed E-state index contributed by atoms with van der Waals surface area (Å²) in [5, 5.41) is 0.574. The summed E-state index contributed by atoms with van der Waals surface area (Å²) >= 11 is 8.47. The lowest BCUT2D eigenvalue weighted by Crippen LogP contribution is -2.53. The van der Waals surface area contributed by atoms with Gasteiger partial charge in [0.1, 0.15) is 16.0 Å². The summed E-state index contributed by atoms with van der Waals surface area (Å²) in [6, 6.07) is 7.99. The van der Waals surface area contributed by atoms with Crippen LogP contribution in [0.1, 0.15) is 32.6 Å². The quantitative estimate of drug-likeness (QED) is 0.343. The minimum Gasteiger partial charge on any atom is -0.494 e. The zero-order valence-electron chi connectivity index (χ0n) is 20.6. The summed E-state index contributed by atoms with van der Waals surface area (Å²) in [6.07, 6.45) is 2.71. The lowest BCUT2D eigenvalue weighted by atomic mass is 10.0. The Morgan fingerprint density at radius 3 is 2.69 bits per heavy atom. The fourth-order valence-electron chi connectivity index (χ4n) is 4.28. The number of anilines is 1. The molecule has 0 N–H and O–H groups in total. The highest BCUT2D eigenvalue weighted by Gasteiger charge is 2.41. The van der Waals surface area contributed by atoms with Crippen LogP contribution in [0.3, 0.4) is 0 Å². The smallest absolute Gasteiger partial charge is 0.253 e. The summed E-state index contributed by atoms with van der Waals surface area (Å²) in [7, 11) is 0.130. The lowest BCUT2D eigenvalue weighted by Gasteiger charge is -2.36. The molecule has 3 heterocycles. The number of nitrogens with zero attached hydrogens (tertiary/aromatic N) is 4. The molecule has 0 radical (unpaired) electrons. The third-order valence-corrected chi connectivity index (χ3v) is 10.6. The first-order chi connectivity index (χ1) is 17.2. The number of rotatable bonds is 10. The molecule has 1 aromatic carbocycles. The van der Waals surface area contributed by atoms with E-state index < -0.39 is 16.1 Å². The maximum atomic E-state index is 14.0. The van der Waals surface area contributed by atoms with Crippen molar-refractivity contribution in [1.82, 2.24) is 14.2 Å². The van der Waals surface area contributed by atoms with E-state index in [-0.39, 0.29) is 10.1 Å². The molecule has 1 aliphatic rings. The second kappa shape index (κ2) is 11.7. The molecule has 1 atom stereocenters. The number of amides is 1. The molecule has 36 heavy (non-hydrogen) atoms. The number of carbonyl (C=O) groups is 1. The number of fused-ring (bicyclic) bond motifs is 1. The van der Waals surface area contributed by atoms with E-state index in [1.807, 2.05) is 39.2 Å². The summed E-state index contributed by atoms with van der Waals surface area (Å²) in [5.74, 6) is 0.522. The second-order valence-electron chi connectivity index (χ2n) is 8.89. The van der Waals surface area contributed by atoms with Crippen LogP contribution in [0.4, 0.5) is 5.13 Å². The minimum absolute atomic E-state index is 0.162. The molecule has 1 unspecified atom stereocenters. The van der Waals surface area contributed by atoms with Gasteiger partial charge >= 0.3 is 0 Å². The first kappa shape index (κ1) is 27.3. The molecule has 0 saturated carbocycles. The largest absolute Gasteiger partial charge is 0.494 e. The Balaban J connectivity index is 1.67. The fraction of sp³-hybridized carbons (Fsp3) is 0.500. The number of thiazole rings is 1. The number of ether oxygens (including phenoxy) is 1. The van der Waals surface area contributed by atoms with Gasteiger partial charge in [-0.1, -0.05) is 29.4 Å². The minimum atomic E-state index is -3.84. The highest BCUT2D eigenvalue weighted by molar-refractivity contribution is 7.91. The van der Waals surface area contributed by atoms with E-state index in [9.17, 15) is 13.2 Å². The monoisotopic (exact) mass is 570 g/mol.